The van der Waals surface area contributed by atoms with Gasteiger partial charge in [0, 0.05) is 34.1 Å². The third kappa shape index (κ3) is 5.43. The minimum Gasteiger partial charge on any atom is -0.340 e. The van der Waals surface area contributed by atoms with Gasteiger partial charge < -0.3 is 14.7 Å². The van der Waals surface area contributed by atoms with Crippen LogP contribution >= 0.6 is 11.3 Å². The first-order chi connectivity index (χ1) is 15.6. The van der Waals surface area contributed by atoms with E-state index >= 15 is 0 Å². The molecule has 1 aromatic heterocycles. The molecule has 0 N–H and O–H groups in total. The van der Waals surface area contributed by atoms with Gasteiger partial charge in [-0.3, -0.25) is 14.4 Å². The molecular formula is C25H34N4O3S. The highest BCUT2D eigenvalue weighted by Crippen LogP contribution is 2.28. The number of rotatable bonds is 7. The number of carbonyl (C=O) groups excluding carboxylic acids is 3. The summed E-state index contributed by atoms with van der Waals surface area (Å²) in [5.74, 6) is -0.396. The largest absolute Gasteiger partial charge is 0.340 e. The lowest BCUT2D eigenvalue weighted by Gasteiger charge is -2.35. The van der Waals surface area contributed by atoms with Gasteiger partial charge in [0.15, 0.2) is 0 Å². The van der Waals surface area contributed by atoms with E-state index in [0.717, 1.165) is 28.1 Å². The zero-order chi connectivity index (χ0) is 24.3. The molecule has 0 bridgehead atoms. The first kappa shape index (κ1) is 24.9. The zero-order valence-electron chi connectivity index (χ0n) is 20.4. The number of hydrogen-bond acceptors (Lipinski definition) is 5. The lowest BCUT2D eigenvalue weighted by atomic mass is 10.0. The normalized spacial score (nSPS) is 16.7. The van der Waals surface area contributed by atoms with Gasteiger partial charge in [0.05, 0.1) is 16.1 Å². The van der Waals surface area contributed by atoms with Gasteiger partial charge in [-0.05, 0) is 36.8 Å². The lowest BCUT2D eigenvalue weighted by molar-refractivity contribution is -0.150. The number of likely N-dealkylation sites (N-methyl/N-ethyl adjacent to an activating group) is 2. The number of aromatic nitrogens is 1. The quantitative estimate of drug-likeness (QED) is 0.620. The molecule has 1 aliphatic rings. The molecule has 3 amide bonds. The molecule has 8 heteroatoms. The van der Waals surface area contributed by atoms with Crippen molar-refractivity contribution in [2.75, 3.05) is 20.6 Å². The van der Waals surface area contributed by atoms with Gasteiger partial charge >= 0.3 is 0 Å². The maximum atomic E-state index is 13.4. The Labute approximate surface area is 200 Å². The van der Waals surface area contributed by atoms with Gasteiger partial charge in [-0.2, -0.15) is 0 Å². The summed E-state index contributed by atoms with van der Waals surface area (Å²) in [5, 5.41) is 0. The van der Waals surface area contributed by atoms with Crippen molar-refractivity contribution in [3.63, 3.8) is 0 Å². The minimum atomic E-state index is -0.566. The van der Waals surface area contributed by atoms with Crippen LogP contribution in [0.1, 0.15) is 44.9 Å². The molecule has 0 radical (unpaired) electrons. The van der Waals surface area contributed by atoms with Gasteiger partial charge in [0.2, 0.25) is 17.7 Å². The predicted octanol–water partition coefficient (Wildman–Crippen LogP) is 3.57. The fourth-order valence-electron chi connectivity index (χ4n) is 4.50. The highest BCUT2D eigenvalue weighted by Gasteiger charge is 2.40. The van der Waals surface area contributed by atoms with Crippen LogP contribution in [0.15, 0.2) is 29.8 Å². The molecule has 2 atom stereocenters. The Kier molecular flexibility index (Phi) is 7.89. The van der Waals surface area contributed by atoms with Gasteiger partial charge in [0.1, 0.15) is 12.1 Å². The van der Waals surface area contributed by atoms with Crippen LogP contribution in [0.4, 0.5) is 0 Å². The molecule has 178 valence electrons. The topological polar surface area (TPSA) is 73.8 Å². The fraction of sp³-hybridized carbons (Fsp3) is 0.520. The van der Waals surface area contributed by atoms with Gasteiger partial charge in [0.25, 0.3) is 0 Å². The number of thiazole rings is 1. The van der Waals surface area contributed by atoms with Crippen LogP contribution in [-0.4, -0.2) is 70.1 Å². The van der Waals surface area contributed by atoms with Crippen LogP contribution in [0.3, 0.4) is 0 Å². The molecule has 7 nitrogen and oxygen atoms in total. The van der Waals surface area contributed by atoms with E-state index in [1.807, 2.05) is 38.4 Å². The SMILES string of the molecule is CC(=O)N(C)C(C(=O)N1CCC[C@H]1C(=O)N(C)Cc1ccc(-c2scnc2C)cc1)C(C)C. The van der Waals surface area contributed by atoms with E-state index in [9.17, 15) is 14.4 Å². The Morgan fingerprint density at radius 3 is 2.39 bits per heavy atom. The molecule has 3 rings (SSSR count). The summed E-state index contributed by atoms with van der Waals surface area (Å²) in [6, 6.07) is 7.14. The van der Waals surface area contributed by atoms with Crippen LogP contribution in [0.2, 0.25) is 0 Å². The van der Waals surface area contributed by atoms with Crippen LogP contribution in [0, 0.1) is 12.8 Å². The summed E-state index contributed by atoms with van der Waals surface area (Å²) in [6.45, 7) is 8.33. The van der Waals surface area contributed by atoms with Crippen LogP contribution in [0.25, 0.3) is 10.4 Å². The molecule has 1 saturated heterocycles. The van der Waals surface area contributed by atoms with E-state index in [4.69, 9.17) is 0 Å². The monoisotopic (exact) mass is 470 g/mol. The number of nitrogens with zero attached hydrogens (tertiary/aromatic N) is 4. The average Bonchev–Trinajstić information content (AvgIpc) is 3.42. The summed E-state index contributed by atoms with van der Waals surface area (Å²) >= 11 is 1.62. The molecule has 1 aromatic carbocycles. The molecule has 1 fully saturated rings. The number of likely N-dealkylation sites (tertiary alicyclic amines) is 1. The Balaban J connectivity index is 1.69. The first-order valence-electron chi connectivity index (χ1n) is 11.4. The van der Waals surface area contributed by atoms with Crippen molar-refractivity contribution in [1.82, 2.24) is 19.7 Å². The number of benzene rings is 1. The highest BCUT2D eigenvalue weighted by molar-refractivity contribution is 7.13. The van der Waals surface area contributed by atoms with Gasteiger partial charge in [-0.1, -0.05) is 38.1 Å². The van der Waals surface area contributed by atoms with Crippen LogP contribution in [-0.2, 0) is 20.9 Å². The Bertz CT molecular complexity index is 1000. The molecule has 1 unspecified atom stereocenters. The van der Waals surface area contributed by atoms with Crippen molar-refractivity contribution in [2.24, 2.45) is 5.92 Å². The number of amides is 3. The maximum Gasteiger partial charge on any atom is 0.246 e. The van der Waals surface area contributed by atoms with E-state index < -0.39 is 12.1 Å². The smallest absolute Gasteiger partial charge is 0.246 e. The second-order valence-corrected chi connectivity index (χ2v) is 10.0. The summed E-state index contributed by atoms with van der Waals surface area (Å²) in [7, 11) is 3.44. The van der Waals surface area contributed by atoms with E-state index in [1.165, 1.54) is 11.8 Å². The summed E-state index contributed by atoms with van der Waals surface area (Å²) in [4.78, 5) is 48.9. The molecule has 0 spiro atoms. The third-order valence-corrected chi connectivity index (χ3v) is 7.35. The highest BCUT2D eigenvalue weighted by atomic mass is 32.1. The standard InChI is InChI=1S/C25H34N4O3S/c1-16(2)22(28(6)18(4)30)25(32)29-13-7-8-21(29)24(31)27(5)14-19-9-11-20(12-10-19)23-17(3)26-15-33-23/h9-12,15-16,21-22H,7-8,13-14H2,1-6H3/t21-,22?/m0/s1. The lowest BCUT2D eigenvalue weighted by Crippen LogP contribution is -2.55. The number of hydrogen-bond donors (Lipinski definition) is 0. The van der Waals surface area contributed by atoms with Crippen molar-refractivity contribution in [3.05, 3.63) is 41.0 Å². The van der Waals surface area contributed by atoms with Gasteiger partial charge in [-0.25, -0.2) is 4.98 Å². The molecule has 1 aliphatic heterocycles. The summed E-state index contributed by atoms with van der Waals surface area (Å²) in [5.41, 5.74) is 5.01. The molecule has 0 aliphatic carbocycles. The van der Waals surface area contributed by atoms with Crippen LogP contribution < -0.4 is 0 Å². The molecule has 2 aromatic rings. The molecule has 33 heavy (non-hydrogen) atoms. The number of carbonyl (C=O) groups is 3. The van der Waals surface area contributed by atoms with Crippen molar-refractivity contribution < 1.29 is 14.4 Å². The zero-order valence-corrected chi connectivity index (χ0v) is 21.2. The van der Waals surface area contributed by atoms with E-state index in [-0.39, 0.29) is 23.6 Å². The molecule has 0 saturated carbocycles. The molecule has 2 heterocycles. The van der Waals surface area contributed by atoms with E-state index in [2.05, 4.69) is 17.1 Å². The minimum absolute atomic E-state index is 0.0406. The van der Waals surface area contributed by atoms with Crippen molar-refractivity contribution in [3.8, 4) is 10.4 Å². The number of aryl methyl sites for hydroxylation is 1. The summed E-state index contributed by atoms with van der Waals surface area (Å²) in [6.07, 6.45) is 1.43. The van der Waals surface area contributed by atoms with Crippen molar-refractivity contribution in [2.45, 2.75) is 59.2 Å². The van der Waals surface area contributed by atoms with Gasteiger partial charge in [-0.15, -0.1) is 11.3 Å². The third-order valence-electron chi connectivity index (χ3n) is 6.38. The summed E-state index contributed by atoms with van der Waals surface area (Å²) < 4.78 is 0. The second-order valence-electron chi connectivity index (χ2n) is 9.17. The van der Waals surface area contributed by atoms with Crippen LogP contribution in [0.5, 0.6) is 0 Å². The maximum absolute atomic E-state index is 13.4. The van der Waals surface area contributed by atoms with Crippen molar-refractivity contribution in [1.29, 1.82) is 0 Å². The fourth-order valence-corrected chi connectivity index (χ4v) is 5.31. The Morgan fingerprint density at radius 1 is 1.18 bits per heavy atom. The second kappa shape index (κ2) is 10.5. The van der Waals surface area contributed by atoms with E-state index in [0.29, 0.717) is 19.5 Å². The van der Waals surface area contributed by atoms with Crippen molar-refractivity contribution >= 4 is 29.1 Å². The van der Waals surface area contributed by atoms with E-state index in [1.54, 1.807) is 35.2 Å². The predicted molar refractivity (Wildman–Crippen MR) is 131 cm³/mol. The molecular weight excluding hydrogens is 436 g/mol. The average molecular weight is 471 g/mol. The Morgan fingerprint density at radius 2 is 1.85 bits per heavy atom. The first-order valence-corrected chi connectivity index (χ1v) is 12.3. The Hall–Kier alpha value is -2.74.